The average molecular weight is 432 g/mol. The average Bonchev–Trinajstić information content (AvgIpc) is 2.70. The summed E-state index contributed by atoms with van der Waals surface area (Å²) in [6.45, 7) is 1.82. The van der Waals surface area contributed by atoms with E-state index in [4.69, 9.17) is 16.3 Å². The number of methoxy groups -OCH3 is 1. The smallest absolute Gasteiger partial charge is 0.275 e. The molecule has 0 aliphatic rings. The zero-order valence-electron chi connectivity index (χ0n) is 15.7. The number of benzene rings is 2. The first-order valence-electron chi connectivity index (χ1n) is 8.55. The summed E-state index contributed by atoms with van der Waals surface area (Å²) in [5.74, 6) is -0.288. The molecular formula is C20H18ClN3O4S. The fraction of sp³-hybridized carbons (Fsp3) is 0.150. The lowest BCUT2D eigenvalue weighted by Gasteiger charge is -2.09. The molecule has 3 aromatic rings. The van der Waals surface area contributed by atoms with Crippen LogP contribution in [-0.4, -0.2) is 31.4 Å². The minimum absolute atomic E-state index is 0.0501. The Morgan fingerprint density at radius 3 is 2.48 bits per heavy atom. The van der Waals surface area contributed by atoms with Gasteiger partial charge in [-0.05, 0) is 42.3 Å². The van der Waals surface area contributed by atoms with Crippen molar-refractivity contribution in [3.05, 3.63) is 76.6 Å². The predicted octanol–water partition coefficient (Wildman–Crippen LogP) is 3.67. The Kier molecular flexibility index (Phi) is 6.14. The predicted molar refractivity (Wildman–Crippen MR) is 110 cm³/mol. The summed E-state index contributed by atoms with van der Waals surface area (Å²) in [5, 5.41) is 2.12. The standard InChI is InChI=1S/C20H18ClN3O4S/c1-13-5-3-4-6-14(13)12-29(26,27)20-22-11-17(21)18(24-20)19(25)23-15-7-9-16(28-2)10-8-15/h3-11H,12H2,1-2H3,(H,23,25). The van der Waals surface area contributed by atoms with Crippen LogP contribution in [0.3, 0.4) is 0 Å². The van der Waals surface area contributed by atoms with E-state index in [9.17, 15) is 13.2 Å². The third-order valence-electron chi connectivity index (χ3n) is 4.17. The number of nitrogens with zero attached hydrogens (tertiary/aromatic N) is 2. The minimum Gasteiger partial charge on any atom is -0.497 e. The van der Waals surface area contributed by atoms with E-state index in [0.717, 1.165) is 11.8 Å². The number of carbonyl (C=O) groups excluding carboxylic acids is 1. The molecule has 29 heavy (non-hydrogen) atoms. The largest absolute Gasteiger partial charge is 0.497 e. The zero-order chi connectivity index (χ0) is 21.0. The summed E-state index contributed by atoms with van der Waals surface area (Å²) in [5.41, 5.74) is 1.73. The molecule has 0 bridgehead atoms. The van der Waals surface area contributed by atoms with Gasteiger partial charge in [0.15, 0.2) is 5.69 Å². The number of rotatable bonds is 6. The number of nitrogens with one attached hydrogen (secondary N) is 1. The van der Waals surface area contributed by atoms with E-state index in [1.165, 1.54) is 7.11 Å². The third kappa shape index (κ3) is 4.90. The lowest BCUT2D eigenvalue weighted by molar-refractivity contribution is 0.102. The van der Waals surface area contributed by atoms with Gasteiger partial charge in [-0.3, -0.25) is 4.79 Å². The summed E-state index contributed by atoms with van der Waals surface area (Å²) in [4.78, 5) is 20.3. The van der Waals surface area contributed by atoms with E-state index >= 15 is 0 Å². The maximum atomic E-state index is 12.8. The highest BCUT2D eigenvalue weighted by Crippen LogP contribution is 2.21. The van der Waals surface area contributed by atoms with Crippen molar-refractivity contribution in [2.75, 3.05) is 12.4 Å². The zero-order valence-corrected chi connectivity index (χ0v) is 17.3. The van der Waals surface area contributed by atoms with Crippen LogP contribution in [0.2, 0.25) is 5.02 Å². The fourth-order valence-electron chi connectivity index (χ4n) is 2.57. The van der Waals surface area contributed by atoms with E-state index < -0.39 is 20.9 Å². The van der Waals surface area contributed by atoms with Gasteiger partial charge < -0.3 is 10.1 Å². The molecule has 7 nitrogen and oxygen atoms in total. The number of hydrogen-bond donors (Lipinski definition) is 1. The maximum absolute atomic E-state index is 12.8. The Bertz CT molecular complexity index is 1150. The SMILES string of the molecule is COc1ccc(NC(=O)c2nc(S(=O)(=O)Cc3ccccc3C)ncc2Cl)cc1. The second kappa shape index (κ2) is 8.59. The van der Waals surface area contributed by atoms with Crippen molar-refractivity contribution in [1.29, 1.82) is 0 Å². The number of aromatic nitrogens is 2. The van der Waals surface area contributed by atoms with E-state index in [0.29, 0.717) is 17.0 Å². The van der Waals surface area contributed by atoms with Crippen molar-refractivity contribution in [2.45, 2.75) is 17.8 Å². The number of halogens is 1. The molecule has 1 heterocycles. The summed E-state index contributed by atoms with van der Waals surface area (Å²) in [6.07, 6.45) is 1.11. The highest BCUT2D eigenvalue weighted by Gasteiger charge is 2.23. The van der Waals surface area contributed by atoms with Crippen molar-refractivity contribution in [2.24, 2.45) is 0 Å². The summed E-state index contributed by atoms with van der Waals surface area (Å²) in [6, 6.07) is 13.8. The van der Waals surface area contributed by atoms with Gasteiger partial charge in [-0.15, -0.1) is 0 Å². The summed E-state index contributed by atoms with van der Waals surface area (Å²) >= 11 is 6.04. The van der Waals surface area contributed by atoms with E-state index in [2.05, 4.69) is 15.3 Å². The van der Waals surface area contributed by atoms with Gasteiger partial charge in [-0.1, -0.05) is 35.9 Å². The maximum Gasteiger partial charge on any atom is 0.275 e. The number of carbonyl (C=O) groups is 1. The van der Waals surface area contributed by atoms with E-state index in [-0.39, 0.29) is 16.5 Å². The Morgan fingerprint density at radius 2 is 1.83 bits per heavy atom. The number of anilines is 1. The number of amides is 1. The summed E-state index contributed by atoms with van der Waals surface area (Å²) in [7, 11) is -2.33. The van der Waals surface area contributed by atoms with Crippen molar-refractivity contribution in [3.8, 4) is 5.75 Å². The number of ether oxygens (including phenoxy) is 1. The molecule has 1 aromatic heterocycles. The second-order valence-corrected chi connectivity index (χ2v) is 8.51. The van der Waals surface area contributed by atoms with Gasteiger partial charge in [0, 0.05) is 5.69 Å². The van der Waals surface area contributed by atoms with Crippen LogP contribution in [-0.2, 0) is 15.6 Å². The van der Waals surface area contributed by atoms with Crippen LogP contribution in [0.5, 0.6) is 5.75 Å². The van der Waals surface area contributed by atoms with Crippen molar-refractivity contribution in [1.82, 2.24) is 9.97 Å². The topological polar surface area (TPSA) is 98.2 Å². The number of hydrogen-bond acceptors (Lipinski definition) is 6. The monoisotopic (exact) mass is 431 g/mol. The molecule has 150 valence electrons. The van der Waals surface area contributed by atoms with Crippen molar-refractivity contribution >= 4 is 33.0 Å². The molecule has 1 amide bonds. The first-order chi connectivity index (χ1) is 13.8. The van der Waals surface area contributed by atoms with Gasteiger partial charge in [-0.25, -0.2) is 18.4 Å². The Hall–Kier alpha value is -2.97. The highest BCUT2D eigenvalue weighted by atomic mass is 35.5. The van der Waals surface area contributed by atoms with Crippen LogP contribution >= 0.6 is 11.6 Å². The van der Waals surface area contributed by atoms with Crippen molar-refractivity contribution in [3.63, 3.8) is 0 Å². The first kappa shape index (κ1) is 20.8. The van der Waals surface area contributed by atoms with Crippen LogP contribution < -0.4 is 10.1 Å². The molecule has 3 rings (SSSR count). The Morgan fingerprint density at radius 1 is 1.14 bits per heavy atom. The summed E-state index contributed by atoms with van der Waals surface area (Å²) < 4.78 is 30.6. The minimum atomic E-state index is -3.87. The van der Waals surface area contributed by atoms with Gasteiger partial charge in [-0.2, -0.15) is 0 Å². The third-order valence-corrected chi connectivity index (χ3v) is 5.89. The molecular weight excluding hydrogens is 414 g/mol. The van der Waals surface area contributed by atoms with Crippen LogP contribution in [0.1, 0.15) is 21.6 Å². The number of sulfone groups is 1. The van der Waals surface area contributed by atoms with E-state index in [1.807, 2.05) is 19.1 Å². The molecule has 0 saturated heterocycles. The molecule has 0 atom stereocenters. The molecule has 0 unspecified atom stereocenters. The van der Waals surface area contributed by atoms with Crippen LogP contribution in [0, 0.1) is 6.92 Å². The fourth-order valence-corrected chi connectivity index (χ4v) is 4.05. The molecule has 2 aromatic carbocycles. The highest BCUT2D eigenvalue weighted by molar-refractivity contribution is 7.90. The Labute approximate surface area is 173 Å². The molecule has 0 saturated carbocycles. The van der Waals surface area contributed by atoms with Gasteiger partial charge in [0.2, 0.25) is 15.0 Å². The Balaban J connectivity index is 1.86. The number of aryl methyl sites for hydroxylation is 1. The second-order valence-electron chi connectivity index (χ2n) is 6.22. The van der Waals surface area contributed by atoms with E-state index in [1.54, 1.807) is 36.4 Å². The normalized spacial score (nSPS) is 11.1. The van der Waals surface area contributed by atoms with Gasteiger partial charge in [0.25, 0.3) is 5.91 Å². The molecule has 0 spiro atoms. The first-order valence-corrected chi connectivity index (χ1v) is 10.6. The van der Waals surface area contributed by atoms with Crippen LogP contribution in [0.15, 0.2) is 59.9 Å². The van der Waals surface area contributed by atoms with Crippen molar-refractivity contribution < 1.29 is 17.9 Å². The molecule has 0 radical (unpaired) electrons. The van der Waals surface area contributed by atoms with Gasteiger partial charge in [0.05, 0.1) is 24.1 Å². The lowest BCUT2D eigenvalue weighted by atomic mass is 10.1. The quantitative estimate of drug-likeness (QED) is 0.598. The van der Waals surface area contributed by atoms with Crippen LogP contribution in [0.4, 0.5) is 5.69 Å². The van der Waals surface area contributed by atoms with Gasteiger partial charge in [0.1, 0.15) is 5.75 Å². The molecule has 0 fully saturated rings. The molecule has 0 aliphatic heterocycles. The lowest BCUT2D eigenvalue weighted by Crippen LogP contribution is -2.18. The van der Waals surface area contributed by atoms with Crippen LogP contribution in [0.25, 0.3) is 0 Å². The molecule has 9 heteroatoms. The molecule has 1 N–H and O–H groups in total. The van der Waals surface area contributed by atoms with Gasteiger partial charge >= 0.3 is 0 Å². The molecule has 0 aliphatic carbocycles.